The molecule has 0 unspecified atom stereocenters. The van der Waals surface area contributed by atoms with Gasteiger partial charge in [-0.1, -0.05) is 49.6 Å². The molecule has 0 N–H and O–H groups in total. The van der Waals surface area contributed by atoms with Gasteiger partial charge in [0.1, 0.15) is 0 Å². The molecule has 58 valence electrons. The first-order valence-corrected chi connectivity index (χ1v) is 3.22. The molecular formula is C10H11Cl. The second-order valence-electron chi connectivity index (χ2n) is 2.04. The van der Waals surface area contributed by atoms with E-state index < -0.39 is 0 Å². The van der Waals surface area contributed by atoms with Gasteiger partial charge in [-0.15, -0.1) is 12.4 Å². The van der Waals surface area contributed by atoms with Gasteiger partial charge < -0.3 is 0 Å². The molecule has 0 bridgehead atoms. The number of benzene rings is 1. The van der Waals surface area contributed by atoms with Gasteiger partial charge >= 0.3 is 0 Å². The fourth-order valence-corrected chi connectivity index (χ4v) is 0.883. The minimum atomic E-state index is 0. The van der Waals surface area contributed by atoms with Crippen LogP contribution in [0.2, 0.25) is 0 Å². The molecule has 0 saturated heterocycles. The van der Waals surface area contributed by atoms with Crippen molar-refractivity contribution >= 4 is 24.6 Å². The average molecular weight is 167 g/mol. The van der Waals surface area contributed by atoms with Crippen LogP contribution in [0.4, 0.5) is 0 Å². The summed E-state index contributed by atoms with van der Waals surface area (Å²) in [6.07, 6.45) is 3.66. The van der Waals surface area contributed by atoms with Crippen LogP contribution in [0.15, 0.2) is 37.4 Å². The van der Waals surface area contributed by atoms with Gasteiger partial charge in [0.05, 0.1) is 0 Å². The predicted octanol–water partition coefficient (Wildman–Crippen LogP) is 3.39. The molecule has 0 spiro atoms. The highest BCUT2D eigenvalue weighted by atomic mass is 35.5. The van der Waals surface area contributed by atoms with Gasteiger partial charge in [-0.2, -0.15) is 0 Å². The molecule has 0 heterocycles. The SMILES string of the molecule is C=Cc1ccccc1C=C.Cl. The molecule has 0 aromatic heterocycles. The Kier molecular flexibility index (Phi) is 4.32. The first-order chi connectivity index (χ1) is 4.88. The predicted molar refractivity (Wildman–Crippen MR) is 53.9 cm³/mol. The van der Waals surface area contributed by atoms with E-state index in [0.29, 0.717) is 0 Å². The first kappa shape index (κ1) is 9.99. The van der Waals surface area contributed by atoms with Gasteiger partial charge in [-0.05, 0) is 11.1 Å². The summed E-state index contributed by atoms with van der Waals surface area (Å²) in [5.41, 5.74) is 2.27. The summed E-state index contributed by atoms with van der Waals surface area (Å²) >= 11 is 0. The molecule has 1 heteroatoms. The Morgan fingerprint density at radius 1 is 0.909 bits per heavy atom. The average Bonchev–Trinajstić information content (AvgIpc) is 2.04. The molecule has 0 aliphatic heterocycles. The van der Waals surface area contributed by atoms with Crippen LogP contribution in [-0.2, 0) is 0 Å². The molecule has 0 saturated carbocycles. The lowest BCUT2D eigenvalue weighted by Crippen LogP contribution is -1.76. The maximum Gasteiger partial charge on any atom is -0.0190 e. The molecule has 0 amide bonds. The van der Waals surface area contributed by atoms with Crippen LogP contribution in [0, 0.1) is 0 Å². The lowest BCUT2D eigenvalue weighted by atomic mass is 10.1. The van der Waals surface area contributed by atoms with Crippen molar-refractivity contribution in [2.24, 2.45) is 0 Å². The Morgan fingerprint density at radius 3 is 1.55 bits per heavy atom. The van der Waals surface area contributed by atoms with Crippen molar-refractivity contribution in [2.45, 2.75) is 0 Å². The van der Waals surface area contributed by atoms with Crippen LogP contribution < -0.4 is 0 Å². The third-order valence-corrected chi connectivity index (χ3v) is 1.44. The van der Waals surface area contributed by atoms with Crippen molar-refractivity contribution in [3.8, 4) is 0 Å². The highest BCUT2D eigenvalue weighted by Gasteiger charge is 1.89. The van der Waals surface area contributed by atoms with E-state index in [1.54, 1.807) is 0 Å². The van der Waals surface area contributed by atoms with Crippen molar-refractivity contribution in [3.63, 3.8) is 0 Å². The topological polar surface area (TPSA) is 0 Å². The van der Waals surface area contributed by atoms with E-state index in [4.69, 9.17) is 0 Å². The van der Waals surface area contributed by atoms with Crippen LogP contribution in [0.5, 0.6) is 0 Å². The Balaban J connectivity index is 0.000001000. The monoisotopic (exact) mass is 166 g/mol. The minimum absolute atomic E-state index is 0. The number of hydrogen-bond donors (Lipinski definition) is 0. The molecule has 1 aromatic rings. The number of hydrogen-bond acceptors (Lipinski definition) is 0. The van der Waals surface area contributed by atoms with Crippen LogP contribution in [0.1, 0.15) is 11.1 Å². The summed E-state index contributed by atoms with van der Waals surface area (Å²) in [6.45, 7) is 7.38. The molecule has 11 heavy (non-hydrogen) atoms. The van der Waals surface area contributed by atoms with Crippen molar-refractivity contribution in [3.05, 3.63) is 48.6 Å². The zero-order chi connectivity index (χ0) is 7.40. The standard InChI is InChI=1S/C10H10.ClH/c1-3-9-7-5-6-8-10(9)4-2;/h3-8H,1-2H2;1H. The van der Waals surface area contributed by atoms with Gasteiger partial charge in [0.15, 0.2) is 0 Å². The largest absolute Gasteiger partial charge is 0.147 e. The highest BCUT2D eigenvalue weighted by molar-refractivity contribution is 5.85. The maximum absolute atomic E-state index is 3.69. The third kappa shape index (κ3) is 2.24. The number of rotatable bonds is 2. The molecule has 1 rings (SSSR count). The van der Waals surface area contributed by atoms with Gasteiger partial charge in [0.25, 0.3) is 0 Å². The smallest absolute Gasteiger partial charge is 0.0190 e. The molecule has 0 fully saturated rings. The fourth-order valence-electron chi connectivity index (χ4n) is 0.883. The highest BCUT2D eigenvalue weighted by Crippen LogP contribution is 2.10. The van der Waals surface area contributed by atoms with Crippen LogP contribution in [-0.4, -0.2) is 0 Å². The lowest BCUT2D eigenvalue weighted by Gasteiger charge is -1.96. The van der Waals surface area contributed by atoms with E-state index in [2.05, 4.69) is 13.2 Å². The molecule has 1 aromatic carbocycles. The lowest BCUT2D eigenvalue weighted by molar-refractivity contribution is 1.62. The van der Waals surface area contributed by atoms with E-state index in [1.807, 2.05) is 36.4 Å². The summed E-state index contributed by atoms with van der Waals surface area (Å²) < 4.78 is 0. The van der Waals surface area contributed by atoms with E-state index >= 15 is 0 Å². The van der Waals surface area contributed by atoms with Crippen molar-refractivity contribution in [2.75, 3.05) is 0 Å². The van der Waals surface area contributed by atoms with Gasteiger partial charge in [0, 0.05) is 0 Å². The van der Waals surface area contributed by atoms with Gasteiger partial charge in [-0.3, -0.25) is 0 Å². The molecule has 0 atom stereocenters. The summed E-state index contributed by atoms with van der Waals surface area (Å²) in [6, 6.07) is 8.02. The third-order valence-electron chi connectivity index (χ3n) is 1.44. The zero-order valence-electron chi connectivity index (χ0n) is 6.29. The van der Waals surface area contributed by atoms with Crippen LogP contribution in [0.3, 0.4) is 0 Å². The molecule has 0 nitrogen and oxygen atoms in total. The molecule has 0 aliphatic rings. The van der Waals surface area contributed by atoms with E-state index in [9.17, 15) is 0 Å². The van der Waals surface area contributed by atoms with E-state index in [1.165, 1.54) is 0 Å². The molecule has 0 aliphatic carbocycles. The Hall–Kier alpha value is -1.01. The first-order valence-electron chi connectivity index (χ1n) is 3.22. The van der Waals surface area contributed by atoms with Crippen LogP contribution in [0.25, 0.3) is 12.2 Å². The minimum Gasteiger partial charge on any atom is -0.147 e. The molecule has 0 radical (unpaired) electrons. The molecular weight excluding hydrogens is 156 g/mol. The maximum atomic E-state index is 3.69. The van der Waals surface area contributed by atoms with Gasteiger partial charge in [0.2, 0.25) is 0 Å². The number of halogens is 1. The Bertz CT molecular complexity index is 224. The summed E-state index contributed by atoms with van der Waals surface area (Å²) in [4.78, 5) is 0. The van der Waals surface area contributed by atoms with Crippen LogP contribution >= 0.6 is 12.4 Å². The van der Waals surface area contributed by atoms with E-state index in [-0.39, 0.29) is 12.4 Å². The quantitative estimate of drug-likeness (QED) is 0.632. The second-order valence-corrected chi connectivity index (χ2v) is 2.04. The Morgan fingerprint density at radius 2 is 1.27 bits per heavy atom. The van der Waals surface area contributed by atoms with Crippen molar-refractivity contribution < 1.29 is 0 Å². The summed E-state index contributed by atoms with van der Waals surface area (Å²) in [5, 5.41) is 0. The van der Waals surface area contributed by atoms with Gasteiger partial charge in [-0.25, -0.2) is 0 Å². The fraction of sp³-hybridized carbons (Fsp3) is 0. The Labute approximate surface area is 73.7 Å². The normalized spacial score (nSPS) is 8.00. The van der Waals surface area contributed by atoms with Crippen molar-refractivity contribution in [1.29, 1.82) is 0 Å². The van der Waals surface area contributed by atoms with Crippen molar-refractivity contribution in [1.82, 2.24) is 0 Å². The zero-order valence-corrected chi connectivity index (χ0v) is 7.10. The second kappa shape index (κ2) is 4.75. The van der Waals surface area contributed by atoms with E-state index in [0.717, 1.165) is 11.1 Å². The summed E-state index contributed by atoms with van der Waals surface area (Å²) in [7, 11) is 0. The summed E-state index contributed by atoms with van der Waals surface area (Å²) in [5.74, 6) is 0.